The molecular weight excluding hydrogens is 466 g/mol. The number of pyridine rings is 1. The van der Waals surface area contributed by atoms with E-state index in [1.807, 2.05) is 41.3 Å². The third-order valence-corrected chi connectivity index (χ3v) is 7.61. The second-order valence-electron chi connectivity index (χ2n) is 9.95. The predicted octanol–water partition coefficient (Wildman–Crippen LogP) is 3.61. The van der Waals surface area contributed by atoms with E-state index in [2.05, 4.69) is 32.8 Å². The number of benzene rings is 1. The summed E-state index contributed by atoms with van der Waals surface area (Å²) in [4.78, 5) is 40.6. The van der Waals surface area contributed by atoms with Crippen LogP contribution in [0.2, 0.25) is 0 Å². The molecule has 37 heavy (non-hydrogen) atoms. The van der Waals surface area contributed by atoms with Crippen LogP contribution in [0.3, 0.4) is 0 Å². The van der Waals surface area contributed by atoms with Crippen LogP contribution in [0.15, 0.2) is 67.1 Å². The van der Waals surface area contributed by atoms with Gasteiger partial charge in [-0.3, -0.25) is 14.6 Å². The van der Waals surface area contributed by atoms with Crippen molar-refractivity contribution in [2.45, 2.75) is 25.3 Å². The highest BCUT2D eigenvalue weighted by molar-refractivity contribution is 5.95. The maximum absolute atomic E-state index is 12.9. The zero-order valence-electron chi connectivity index (χ0n) is 20.4. The minimum atomic E-state index is -0.302. The summed E-state index contributed by atoms with van der Waals surface area (Å²) >= 11 is 0. The number of nitrogens with zero attached hydrogens (tertiary/aromatic N) is 4. The summed E-state index contributed by atoms with van der Waals surface area (Å²) in [5.41, 5.74) is 8.80. The van der Waals surface area contributed by atoms with Gasteiger partial charge in [0.15, 0.2) is 0 Å². The quantitative estimate of drug-likeness (QED) is 0.428. The Bertz CT molecular complexity index is 1350. The number of likely N-dealkylation sites (tertiary alicyclic amines) is 1. The molecule has 188 valence electrons. The molecule has 0 spiro atoms. The van der Waals surface area contributed by atoms with Gasteiger partial charge in [-0.15, -0.1) is 0 Å². The Kier molecular flexibility index (Phi) is 6.04. The molecule has 9 nitrogen and oxygen atoms in total. The zero-order valence-corrected chi connectivity index (χ0v) is 20.4. The van der Waals surface area contributed by atoms with E-state index in [0.717, 1.165) is 49.2 Å². The Labute approximate surface area is 215 Å². The van der Waals surface area contributed by atoms with E-state index < -0.39 is 0 Å². The second-order valence-corrected chi connectivity index (χ2v) is 9.95. The number of carbonyl (C=O) groups excluding carboxylic acids is 2. The minimum Gasteiger partial charge on any atom is -0.369 e. The van der Waals surface area contributed by atoms with Gasteiger partial charge in [0.25, 0.3) is 5.91 Å². The van der Waals surface area contributed by atoms with Gasteiger partial charge in [-0.2, -0.15) is 4.98 Å². The normalized spacial score (nSPS) is 23.8. The topological polar surface area (TPSA) is 126 Å². The number of nitrogens with one attached hydrogen (secondary N) is 2. The lowest BCUT2D eigenvalue weighted by Crippen LogP contribution is -2.41. The average molecular weight is 496 g/mol. The van der Waals surface area contributed by atoms with Gasteiger partial charge in [0.1, 0.15) is 5.82 Å². The van der Waals surface area contributed by atoms with Gasteiger partial charge in [-0.05, 0) is 55.4 Å². The van der Waals surface area contributed by atoms with Crippen molar-refractivity contribution in [3.8, 4) is 11.1 Å². The number of aromatic nitrogens is 3. The highest BCUT2D eigenvalue weighted by Gasteiger charge is 2.47. The van der Waals surface area contributed by atoms with E-state index in [4.69, 9.17) is 10.7 Å². The van der Waals surface area contributed by atoms with Crippen LogP contribution >= 0.6 is 0 Å². The monoisotopic (exact) mass is 495 g/mol. The summed E-state index contributed by atoms with van der Waals surface area (Å²) < 4.78 is 0. The average Bonchev–Trinajstić information content (AvgIpc) is 3.68. The van der Waals surface area contributed by atoms with Crippen molar-refractivity contribution in [2.24, 2.45) is 23.5 Å². The van der Waals surface area contributed by atoms with Crippen LogP contribution in [-0.2, 0) is 4.79 Å². The standard InChI is InChI=1S/C28H29N7O2/c29-25(36)23-17-8-9-18(13-17)24(23)33-26-22(20-6-4-10-30-15-20)16-31-28(34-26)32-21-7-3-5-19(14-21)27(37)35-11-1-2-12-35/h3-10,14-18,23-24H,1-2,11-13H2,(H2,29,36)(H2,31,32,33,34)/t17-,18+,23?,24-/m1/s1. The fraction of sp³-hybridized carbons (Fsp3) is 0.321. The van der Waals surface area contributed by atoms with Crippen molar-refractivity contribution in [1.29, 1.82) is 0 Å². The Morgan fingerprint density at radius 1 is 1.03 bits per heavy atom. The smallest absolute Gasteiger partial charge is 0.253 e. The number of allylic oxidation sites excluding steroid dienone is 1. The molecule has 3 heterocycles. The Balaban J connectivity index is 1.30. The van der Waals surface area contributed by atoms with Crippen molar-refractivity contribution < 1.29 is 9.59 Å². The van der Waals surface area contributed by atoms with E-state index >= 15 is 0 Å². The maximum Gasteiger partial charge on any atom is 0.253 e. The summed E-state index contributed by atoms with van der Waals surface area (Å²) in [5, 5.41) is 6.78. The van der Waals surface area contributed by atoms with Gasteiger partial charge < -0.3 is 21.3 Å². The third kappa shape index (κ3) is 4.52. The number of rotatable bonds is 7. The lowest BCUT2D eigenvalue weighted by molar-refractivity contribution is -0.122. The van der Waals surface area contributed by atoms with Gasteiger partial charge in [0.2, 0.25) is 11.9 Å². The number of hydrogen-bond acceptors (Lipinski definition) is 7. The van der Waals surface area contributed by atoms with Crippen molar-refractivity contribution >= 4 is 29.3 Å². The molecule has 2 amide bonds. The molecule has 1 saturated heterocycles. The summed E-state index contributed by atoms with van der Waals surface area (Å²) in [6.45, 7) is 1.60. The molecule has 4 atom stereocenters. The third-order valence-electron chi connectivity index (χ3n) is 7.61. The molecule has 2 aromatic heterocycles. The van der Waals surface area contributed by atoms with E-state index in [1.54, 1.807) is 18.6 Å². The van der Waals surface area contributed by atoms with Crippen LogP contribution < -0.4 is 16.4 Å². The molecule has 2 bridgehead atoms. The second kappa shape index (κ2) is 9.65. The fourth-order valence-electron chi connectivity index (χ4n) is 5.81. The molecule has 9 heteroatoms. The van der Waals surface area contributed by atoms with E-state index in [1.165, 1.54) is 0 Å². The number of fused-ring (bicyclic) bond motifs is 2. The Morgan fingerprint density at radius 2 is 1.86 bits per heavy atom. The first-order valence-corrected chi connectivity index (χ1v) is 12.7. The summed E-state index contributed by atoms with van der Waals surface area (Å²) in [6, 6.07) is 11.1. The van der Waals surface area contributed by atoms with Crippen LogP contribution in [-0.4, -0.2) is 50.8 Å². The number of amides is 2. The summed E-state index contributed by atoms with van der Waals surface area (Å²) in [5.74, 6) is 0.794. The maximum atomic E-state index is 12.9. The lowest BCUT2D eigenvalue weighted by Gasteiger charge is -2.28. The Hall–Kier alpha value is -4.27. The van der Waals surface area contributed by atoms with Crippen LogP contribution in [0.25, 0.3) is 11.1 Å². The number of primary amides is 1. The molecule has 4 N–H and O–H groups in total. The van der Waals surface area contributed by atoms with E-state index in [-0.39, 0.29) is 35.6 Å². The molecule has 0 radical (unpaired) electrons. The first-order chi connectivity index (χ1) is 18.1. The highest BCUT2D eigenvalue weighted by Crippen LogP contribution is 2.45. The Morgan fingerprint density at radius 3 is 2.65 bits per heavy atom. The van der Waals surface area contributed by atoms with Crippen molar-refractivity contribution in [1.82, 2.24) is 19.9 Å². The van der Waals surface area contributed by atoms with Gasteiger partial charge in [-0.1, -0.05) is 24.3 Å². The molecule has 2 fully saturated rings. The molecule has 3 aliphatic rings. The van der Waals surface area contributed by atoms with Crippen molar-refractivity contribution in [2.75, 3.05) is 23.7 Å². The van der Waals surface area contributed by atoms with Crippen molar-refractivity contribution in [3.63, 3.8) is 0 Å². The molecule has 1 aliphatic heterocycles. The fourth-order valence-corrected chi connectivity index (χ4v) is 5.81. The van der Waals surface area contributed by atoms with Crippen molar-refractivity contribution in [3.05, 3.63) is 72.7 Å². The number of anilines is 3. The van der Waals surface area contributed by atoms with Gasteiger partial charge in [-0.25, -0.2) is 4.98 Å². The van der Waals surface area contributed by atoms with Crippen LogP contribution in [0.5, 0.6) is 0 Å². The molecule has 3 aromatic rings. The first kappa shape index (κ1) is 23.1. The summed E-state index contributed by atoms with van der Waals surface area (Å²) in [7, 11) is 0. The van der Waals surface area contributed by atoms with E-state index in [0.29, 0.717) is 17.3 Å². The number of nitrogens with two attached hydrogens (primary N) is 1. The SMILES string of the molecule is NC(=O)C1[C@@H]2C=C[C@@H](C2)[C@H]1Nc1nc(Nc2cccc(C(=O)N3CCCC3)c2)ncc1-c1cccnc1. The summed E-state index contributed by atoms with van der Waals surface area (Å²) in [6.07, 6.45) is 12.5. The molecule has 1 aromatic carbocycles. The lowest BCUT2D eigenvalue weighted by atomic mass is 9.88. The van der Waals surface area contributed by atoms with E-state index in [9.17, 15) is 9.59 Å². The van der Waals surface area contributed by atoms with Gasteiger partial charge in [0.05, 0.1) is 5.92 Å². The molecule has 1 unspecified atom stereocenters. The highest BCUT2D eigenvalue weighted by atomic mass is 16.2. The van der Waals surface area contributed by atoms with Gasteiger partial charge in [0, 0.05) is 60.1 Å². The zero-order chi connectivity index (χ0) is 25.4. The molecule has 6 rings (SSSR count). The number of carbonyl (C=O) groups is 2. The predicted molar refractivity (Wildman–Crippen MR) is 141 cm³/mol. The van der Waals surface area contributed by atoms with Gasteiger partial charge >= 0.3 is 0 Å². The minimum absolute atomic E-state index is 0.0400. The molecular formula is C28H29N7O2. The molecule has 1 saturated carbocycles. The van der Waals surface area contributed by atoms with Crippen LogP contribution in [0, 0.1) is 17.8 Å². The van der Waals surface area contributed by atoms with Crippen LogP contribution in [0.1, 0.15) is 29.6 Å². The first-order valence-electron chi connectivity index (χ1n) is 12.7. The van der Waals surface area contributed by atoms with Crippen LogP contribution in [0.4, 0.5) is 17.5 Å². The molecule has 2 aliphatic carbocycles. The largest absolute Gasteiger partial charge is 0.369 e. The number of hydrogen-bond donors (Lipinski definition) is 3.